The number of nitrogens with one attached hydrogen (secondary N) is 1. The number of hydrogen-bond acceptors (Lipinski definition) is 3. The Morgan fingerprint density at radius 3 is 2.93 bits per heavy atom. The number of amides is 1. The molecule has 1 atom stereocenters. The highest BCUT2D eigenvalue weighted by Crippen LogP contribution is 2.22. The van der Waals surface area contributed by atoms with Crippen molar-refractivity contribution in [2.45, 2.75) is 12.8 Å². The minimum absolute atomic E-state index is 0.134. The van der Waals surface area contributed by atoms with Gasteiger partial charge < -0.3 is 15.0 Å². The van der Waals surface area contributed by atoms with E-state index in [4.69, 9.17) is 4.74 Å². The average molecular weight is 212 g/mol. The highest BCUT2D eigenvalue weighted by Gasteiger charge is 2.34. The van der Waals surface area contributed by atoms with E-state index in [2.05, 4.69) is 5.32 Å². The van der Waals surface area contributed by atoms with Gasteiger partial charge in [-0.05, 0) is 19.9 Å². The van der Waals surface area contributed by atoms with Crippen LogP contribution in [0.15, 0.2) is 0 Å². The van der Waals surface area contributed by atoms with Gasteiger partial charge in [-0.2, -0.15) is 0 Å². The van der Waals surface area contributed by atoms with Gasteiger partial charge in [-0.3, -0.25) is 4.79 Å². The molecule has 15 heavy (non-hydrogen) atoms. The first-order chi connectivity index (χ1) is 7.31. The zero-order valence-corrected chi connectivity index (χ0v) is 9.37. The summed E-state index contributed by atoms with van der Waals surface area (Å²) < 4.78 is 5.34. The molecule has 0 aromatic carbocycles. The van der Waals surface area contributed by atoms with Crippen molar-refractivity contribution in [3.63, 3.8) is 0 Å². The predicted octanol–water partition coefficient (Wildman–Crippen LogP) is 0.0908. The van der Waals surface area contributed by atoms with Crippen LogP contribution in [0.25, 0.3) is 0 Å². The largest absolute Gasteiger partial charge is 0.381 e. The maximum Gasteiger partial charge on any atom is 0.228 e. The van der Waals surface area contributed by atoms with E-state index in [1.807, 2.05) is 11.9 Å². The first-order valence-electron chi connectivity index (χ1n) is 5.82. The van der Waals surface area contributed by atoms with Gasteiger partial charge in [0.1, 0.15) is 0 Å². The first-order valence-corrected chi connectivity index (χ1v) is 5.82. The molecule has 0 aromatic rings. The molecule has 1 unspecified atom stereocenters. The second kappa shape index (κ2) is 4.94. The van der Waals surface area contributed by atoms with Crippen LogP contribution in [0, 0.1) is 11.8 Å². The molecule has 2 fully saturated rings. The van der Waals surface area contributed by atoms with E-state index in [1.54, 1.807) is 0 Å². The molecule has 0 aromatic heterocycles. The van der Waals surface area contributed by atoms with Crippen LogP contribution in [0.1, 0.15) is 12.8 Å². The summed E-state index contributed by atoms with van der Waals surface area (Å²) in [6.07, 6.45) is 2.04. The summed E-state index contributed by atoms with van der Waals surface area (Å²) in [5.41, 5.74) is 0. The quantitative estimate of drug-likeness (QED) is 0.721. The molecule has 2 aliphatic heterocycles. The summed E-state index contributed by atoms with van der Waals surface area (Å²) >= 11 is 0. The fraction of sp³-hybridized carbons (Fsp3) is 0.909. The van der Waals surface area contributed by atoms with E-state index in [-0.39, 0.29) is 5.92 Å². The molecule has 0 bridgehead atoms. The summed E-state index contributed by atoms with van der Waals surface area (Å²) in [6.45, 7) is 4.33. The Kier molecular flexibility index (Phi) is 3.59. The standard InChI is InChI=1S/C11H20N2O2/c1-12-5-9-6-13(7-9)11(14)10-3-2-4-15-8-10/h9-10,12H,2-8H2,1H3. The van der Waals surface area contributed by atoms with E-state index in [0.29, 0.717) is 18.4 Å². The summed E-state index contributed by atoms with van der Waals surface area (Å²) in [7, 11) is 1.96. The molecule has 0 spiro atoms. The molecule has 2 heterocycles. The van der Waals surface area contributed by atoms with E-state index in [9.17, 15) is 4.79 Å². The van der Waals surface area contributed by atoms with E-state index in [0.717, 1.165) is 39.1 Å². The summed E-state index contributed by atoms with van der Waals surface area (Å²) in [5.74, 6) is 1.10. The number of carbonyl (C=O) groups is 1. The number of nitrogens with zero attached hydrogens (tertiary/aromatic N) is 1. The fourth-order valence-corrected chi connectivity index (χ4v) is 2.36. The Bertz CT molecular complexity index is 221. The Morgan fingerprint density at radius 2 is 2.33 bits per heavy atom. The van der Waals surface area contributed by atoms with Crippen LogP contribution in [-0.2, 0) is 9.53 Å². The van der Waals surface area contributed by atoms with Gasteiger partial charge in [0.05, 0.1) is 12.5 Å². The molecule has 4 heteroatoms. The molecule has 1 amide bonds. The third-order valence-corrected chi connectivity index (χ3v) is 3.27. The first kappa shape index (κ1) is 10.9. The zero-order chi connectivity index (χ0) is 10.7. The molecule has 0 radical (unpaired) electrons. The molecule has 2 saturated heterocycles. The van der Waals surface area contributed by atoms with Gasteiger partial charge in [-0.15, -0.1) is 0 Å². The third kappa shape index (κ3) is 2.49. The number of ether oxygens (including phenoxy) is 1. The van der Waals surface area contributed by atoms with Crippen molar-refractivity contribution in [2.75, 3.05) is 39.9 Å². The maximum atomic E-state index is 12.0. The molecule has 2 aliphatic rings. The van der Waals surface area contributed by atoms with E-state index in [1.165, 1.54) is 0 Å². The molecular weight excluding hydrogens is 192 g/mol. The smallest absolute Gasteiger partial charge is 0.228 e. The van der Waals surface area contributed by atoms with Crippen molar-refractivity contribution >= 4 is 5.91 Å². The van der Waals surface area contributed by atoms with Gasteiger partial charge >= 0.3 is 0 Å². The minimum Gasteiger partial charge on any atom is -0.381 e. The molecule has 4 nitrogen and oxygen atoms in total. The Hall–Kier alpha value is -0.610. The van der Waals surface area contributed by atoms with Crippen molar-refractivity contribution in [3.05, 3.63) is 0 Å². The van der Waals surface area contributed by atoms with Gasteiger partial charge in [0.15, 0.2) is 0 Å². The molecule has 0 aliphatic carbocycles. The van der Waals surface area contributed by atoms with Crippen LogP contribution in [0.4, 0.5) is 0 Å². The maximum absolute atomic E-state index is 12.0. The fourth-order valence-electron chi connectivity index (χ4n) is 2.36. The molecule has 0 saturated carbocycles. The number of rotatable bonds is 3. The summed E-state index contributed by atoms with van der Waals surface area (Å²) in [4.78, 5) is 13.9. The number of hydrogen-bond donors (Lipinski definition) is 1. The van der Waals surface area contributed by atoms with Crippen LogP contribution in [0.5, 0.6) is 0 Å². The summed E-state index contributed by atoms with van der Waals surface area (Å²) in [5, 5.41) is 3.15. The molecule has 1 N–H and O–H groups in total. The highest BCUT2D eigenvalue weighted by atomic mass is 16.5. The average Bonchev–Trinajstić information content (AvgIpc) is 2.23. The van der Waals surface area contributed by atoms with Crippen molar-refractivity contribution in [2.24, 2.45) is 11.8 Å². The lowest BCUT2D eigenvalue weighted by molar-refractivity contribution is -0.146. The summed E-state index contributed by atoms with van der Waals surface area (Å²) in [6, 6.07) is 0. The van der Waals surface area contributed by atoms with Crippen molar-refractivity contribution < 1.29 is 9.53 Å². The Labute approximate surface area is 91.0 Å². The number of carbonyl (C=O) groups excluding carboxylic acids is 1. The monoisotopic (exact) mass is 212 g/mol. The topological polar surface area (TPSA) is 41.6 Å². The van der Waals surface area contributed by atoms with Gasteiger partial charge in [0.25, 0.3) is 0 Å². The lowest BCUT2D eigenvalue weighted by Gasteiger charge is -2.41. The van der Waals surface area contributed by atoms with E-state index >= 15 is 0 Å². The van der Waals surface area contributed by atoms with Crippen LogP contribution < -0.4 is 5.32 Å². The van der Waals surface area contributed by atoms with Gasteiger partial charge in [-0.25, -0.2) is 0 Å². The molecule has 86 valence electrons. The SMILES string of the molecule is CNCC1CN(C(=O)C2CCCOC2)C1. The van der Waals surface area contributed by atoms with E-state index < -0.39 is 0 Å². The van der Waals surface area contributed by atoms with Crippen molar-refractivity contribution in [1.82, 2.24) is 10.2 Å². The van der Waals surface area contributed by atoms with Crippen LogP contribution in [-0.4, -0.2) is 50.7 Å². The lowest BCUT2D eigenvalue weighted by Crippen LogP contribution is -2.55. The second-order valence-electron chi connectivity index (χ2n) is 4.58. The van der Waals surface area contributed by atoms with Crippen LogP contribution in [0.3, 0.4) is 0 Å². The van der Waals surface area contributed by atoms with Crippen LogP contribution >= 0.6 is 0 Å². The predicted molar refractivity (Wildman–Crippen MR) is 57.5 cm³/mol. The lowest BCUT2D eigenvalue weighted by atomic mass is 9.94. The highest BCUT2D eigenvalue weighted by molar-refractivity contribution is 5.79. The Morgan fingerprint density at radius 1 is 1.53 bits per heavy atom. The molecular formula is C11H20N2O2. The minimum atomic E-state index is 0.134. The zero-order valence-electron chi connectivity index (χ0n) is 9.37. The van der Waals surface area contributed by atoms with Crippen molar-refractivity contribution in [1.29, 1.82) is 0 Å². The van der Waals surface area contributed by atoms with Crippen molar-refractivity contribution in [3.8, 4) is 0 Å². The normalized spacial score (nSPS) is 27.5. The third-order valence-electron chi connectivity index (χ3n) is 3.27. The van der Waals surface area contributed by atoms with Gasteiger partial charge in [-0.1, -0.05) is 0 Å². The second-order valence-corrected chi connectivity index (χ2v) is 4.58. The van der Waals surface area contributed by atoms with Gasteiger partial charge in [0, 0.05) is 32.2 Å². The van der Waals surface area contributed by atoms with Gasteiger partial charge in [0.2, 0.25) is 5.91 Å². The Balaban J connectivity index is 1.73. The number of likely N-dealkylation sites (tertiary alicyclic amines) is 1. The molecule has 2 rings (SSSR count). The van der Waals surface area contributed by atoms with Crippen LogP contribution in [0.2, 0.25) is 0 Å².